The Kier molecular flexibility index (Phi) is 5.37. The van der Waals surface area contributed by atoms with Crippen molar-refractivity contribution in [3.63, 3.8) is 0 Å². The van der Waals surface area contributed by atoms with Gasteiger partial charge in [0.1, 0.15) is 11.3 Å². The van der Waals surface area contributed by atoms with Crippen molar-refractivity contribution >= 4 is 38.8 Å². The molecule has 1 saturated heterocycles. The van der Waals surface area contributed by atoms with E-state index in [1.807, 2.05) is 5.38 Å². The van der Waals surface area contributed by atoms with E-state index in [1.165, 1.54) is 23.5 Å². The third-order valence-corrected chi connectivity index (χ3v) is 5.76. The van der Waals surface area contributed by atoms with Crippen LogP contribution in [0.2, 0.25) is 0 Å². The molecule has 0 unspecified atom stereocenters. The van der Waals surface area contributed by atoms with Crippen LogP contribution >= 0.6 is 22.7 Å². The molecule has 1 N–H and O–H groups in total. The number of hydrogen-bond donors (Lipinski definition) is 1. The van der Waals surface area contributed by atoms with Crippen molar-refractivity contribution in [3.05, 3.63) is 41.0 Å². The van der Waals surface area contributed by atoms with E-state index in [0.717, 1.165) is 42.6 Å². The van der Waals surface area contributed by atoms with E-state index in [1.54, 1.807) is 29.0 Å². The average Bonchev–Trinajstić information content (AvgIpc) is 3.35. The van der Waals surface area contributed by atoms with Crippen LogP contribution in [0.3, 0.4) is 0 Å². The van der Waals surface area contributed by atoms with Crippen molar-refractivity contribution in [1.29, 1.82) is 0 Å². The third-order valence-electron chi connectivity index (χ3n) is 4.25. The van der Waals surface area contributed by atoms with Gasteiger partial charge in [0.2, 0.25) is 11.0 Å². The van der Waals surface area contributed by atoms with Crippen LogP contribution < -0.4 is 10.2 Å². The number of nitrogens with one attached hydrogen (secondary N) is 1. The molecular weight excluding hydrogens is 387 g/mol. The van der Waals surface area contributed by atoms with E-state index in [9.17, 15) is 9.18 Å². The first-order chi connectivity index (χ1) is 13.2. The molecule has 0 bridgehead atoms. The number of benzene rings is 1. The van der Waals surface area contributed by atoms with Crippen LogP contribution in [-0.4, -0.2) is 58.7 Å². The van der Waals surface area contributed by atoms with Crippen LogP contribution in [0.25, 0.3) is 11.3 Å². The van der Waals surface area contributed by atoms with Crippen molar-refractivity contribution in [3.8, 4) is 11.3 Å². The summed E-state index contributed by atoms with van der Waals surface area (Å²) < 4.78 is 13.1. The van der Waals surface area contributed by atoms with Crippen LogP contribution in [0.1, 0.15) is 0 Å². The maximum absolute atomic E-state index is 13.1. The molecule has 1 fully saturated rings. The largest absolute Gasteiger partial charge is 0.346 e. The minimum Gasteiger partial charge on any atom is -0.346 e. The average molecular weight is 404 g/mol. The number of carbonyl (C=O) groups is 1. The van der Waals surface area contributed by atoms with Crippen LogP contribution in [-0.2, 0) is 4.79 Å². The SMILES string of the molecule is O=C(CN1CCN(c2nc(-c3ccc(F)cc3)cs2)CC1)Nc1nncs1. The summed E-state index contributed by atoms with van der Waals surface area (Å²) in [7, 11) is 0. The number of thiazole rings is 1. The Morgan fingerprint density at radius 3 is 2.63 bits per heavy atom. The van der Waals surface area contributed by atoms with Crippen molar-refractivity contribution in [1.82, 2.24) is 20.1 Å². The fraction of sp³-hybridized carbons (Fsp3) is 0.294. The predicted octanol–water partition coefficient (Wildman–Crippen LogP) is 2.56. The van der Waals surface area contributed by atoms with Gasteiger partial charge in [0, 0.05) is 37.1 Å². The number of hydrogen-bond acceptors (Lipinski definition) is 8. The van der Waals surface area contributed by atoms with Gasteiger partial charge >= 0.3 is 0 Å². The first-order valence-electron chi connectivity index (χ1n) is 8.42. The van der Waals surface area contributed by atoms with Gasteiger partial charge in [-0.15, -0.1) is 21.5 Å². The second-order valence-corrected chi connectivity index (χ2v) is 7.75. The molecule has 10 heteroatoms. The molecular formula is C17H17FN6OS2. The summed E-state index contributed by atoms with van der Waals surface area (Å²) in [5, 5.41) is 13.7. The van der Waals surface area contributed by atoms with E-state index in [0.29, 0.717) is 11.7 Å². The highest BCUT2D eigenvalue weighted by Gasteiger charge is 2.21. The minimum atomic E-state index is -0.250. The molecule has 3 heterocycles. The number of halogens is 1. The lowest BCUT2D eigenvalue weighted by molar-refractivity contribution is -0.117. The molecule has 140 valence electrons. The number of amides is 1. The number of aromatic nitrogens is 3. The quantitative estimate of drug-likeness (QED) is 0.705. The normalized spacial score (nSPS) is 15.1. The molecule has 7 nitrogen and oxygen atoms in total. The van der Waals surface area contributed by atoms with Gasteiger partial charge in [-0.25, -0.2) is 9.37 Å². The Bertz CT molecular complexity index is 891. The van der Waals surface area contributed by atoms with Crippen LogP contribution in [0, 0.1) is 5.82 Å². The second-order valence-electron chi connectivity index (χ2n) is 6.08. The zero-order valence-electron chi connectivity index (χ0n) is 14.3. The van der Waals surface area contributed by atoms with Crippen molar-refractivity contribution < 1.29 is 9.18 Å². The monoisotopic (exact) mass is 404 g/mol. The molecule has 27 heavy (non-hydrogen) atoms. The Hall–Kier alpha value is -2.43. The van der Waals surface area contributed by atoms with Crippen molar-refractivity contribution in [2.75, 3.05) is 42.9 Å². The zero-order chi connectivity index (χ0) is 18.6. The van der Waals surface area contributed by atoms with Gasteiger partial charge in [0.05, 0.1) is 12.2 Å². The van der Waals surface area contributed by atoms with Gasteiger partial charge in [-0.1, -0.05) is 11.3 Å². The highest BCUT2D eigenvalue weighted by molar-refractivity contribution is 7.14. The summed E-state index contributed by atoms with van der Waals surface area (Å²) >= 11 is 2.89. The van der Waals surface area contributed by atoms with E-state index >= 15 is 0 Å². The number of anilines is 2. The lowest BCUT2D eigenvalue weighted by atomic mass is 10.2. The molecule has 3 aromatic rings. The number of carbonyl (C=O) groups excluding carboxylic acids is 1. The van der Waals surface area contributed by atoms with Crippen molar-refractivity contribution in [2.24, 2.45) is 0 Å². The van der Waals surface area contributed by atoms with Gasteiger partial charge in [-0.2, -0.15) is 0 Å². The summed E-state index contributed by atoms with van der Waals surface area (Å²) in [4.78, 5) is 21.1. The van der Waals surface area contributed by atoms with Gasteiger partial charge in [0.25, 0.3) is 0 Å². The molecule has 0 saturated carbocycles. The summed E-state index contributed by atoms with van der Waals surface area (Å²) in [6.45, 7) is 3.53. The molecule has 1 aromatic carbocycles. The molecule has 1 aliphatic rings. The first kappa shape index (κ1) is 18.0. The maximum Gasteiger partial charge on any atom is 0.240 e. The predicted molar refractivity (Wildman–Crippen MR) is 105 cm³/mol. The molecule has 0 radical (unpaired) electrons. The first-order valence-corrected chi connectivity index (χ1v) is 10.2. The summed E-state index contributed by atoms with van der Waals surface area (Å²) in [5.74, 6) is -0.325. The molecule has 4 rings (SSSR count). The minimum absolute atomic E-state index is 0.0759. The Morgan fingerprint density at radius 1 is 1.15 bits per heavy atom. The summed E-state index contributed by atoms with van der Waals surface area (Å²) in [6.07, 6.45) is 0. The molecule has 0 aliphatic carbocycles. The van der Waals surface area contributed by atoms with Crippen LogP contribution in [0.4, 0.5) is 14.7 Å². The van der Waals surface area contributed by atoms with Crippen LogP contribution in [0.15, 0.2) is 35.2 Å². The van der Waals surface area contributed by atoms with E-state index < -0.39 is 0 Å². The second kappa shape index (κ2) is 8.07. The smallest absolute Gasteiger partial charge is 0.240 e. The van der Waals surface area contributed by atoms with Gasteiger partial charge < -0.3 is 4.90 Å². The van der Waals surface area contributed by atoms with Crippen LogP contribution in [0.5, 0.6) is 0 Å². The Morgan fingerprint density at radius 2 is 1.93 bits per heavy atom. The molecule has 2 aromatic heterocycles. The number of rotatable bonds is 5. The van der Waals surface area contributed by atoms with Crippen molar-refractivity contribution in [2.45, 2.75) is 0 Å². The number of piperazine rings is 1. The lowest BCUT2D eigenvalue weighted by Gasteiger charge is -2.34. The molecule has 1 amide bonds. The Labute approximate surface area is 163 Å². The molecule has 0 spiro atoms. The fourth-order valence-corrected chi connectivity index (χ4v) is 4.20. The lowest BCUT2D eigenvalue weighted by Crippen LogP contribution is -2.48. The van der Waals surface area contributed by atoms with E-state index in [2.05, 4.69) is 30.3 Å². The zero-order valence-corrected chi connectivity index (χ0v) is 16.0. The maximum atomic E-state index is 13.1. The van der Waals surface area contributed by atoms with Gasteiger partial charge in [-0.3, -0.25) is 15.0 Å². The van der Waals surface area contributed by atoms with E-state index in [4.69, 9.17) is 0 Å². The van der Waals surface area contributed by atoms with E-state index in [-0.39, 0.29) is 11.7 Å². The number of nitrogens with zero attached hydrogens (tertiary/aromatic N) is 5. The molecule has 1 aliphatic heterocycles. The fourth-order valence-electron chi connectivity index (χ4n) is 2.85. The standard InChI is InChI=1S/C17H17FN6OS2/c18-13-3-1-12(2-4-13)14-10-26-17(20-14)24-7-5-23(6-8-24)9-15(25)21-16-22-19-11-27-16/h1-4,10-11H,5-9H2,(H,21,22,25). The summed E-state index contributed by atoms with van der Waals surface area (Å²) in [5.41, 5.74) is 3.35. The Balaban J connectivity index is 1.30. The third kappa shape index (κ3) is 4.46. The van der Waals surface area contributed by atoms with Gasteiger partial charge in [0.15, 0.2) is 5.13 Å². The highest BCUT2D eigenvalue weighted by Crippen LogP contribution is 2.28. The van der Waals surface area contributed by atoms with Gasteiger partial charge in [-0.05, 0) is 24.3 Å². The molecule has 0 atom stereocenters. The topological polar surface area (TPSA) is 74.2 Å². The highest BCUT2D eigenvalue weighted by atomic mass is 32.1. The summed E-state index contributed by atoms with van der Waals surface area (Å²) in [6, 6.07) is 6.37.